The minimum atomic E-state index is -0.636. The molecule has 2 aromatic carbocycles. The summed E-state index contributed by atoms with van der Waals surface area (Å²) in [6.45, 7) is 0.846. The molecule has 172 valence electrons. The average Bonchev–Trinajstić information content (AvgIpc) is 3.27. The van der Waals surface area contributed by atoms with Gasteiger partial charge in [-0.25, -0.2) is 9.59 Å². The summed E-state index contributed by atoms with van der Waals surface area (Å²) in [6.07, 6.45) is 0.0137. The first-order valence-corrected chi connectivity index (χ1v) is 11.2. The fourth-order valence-electron chi connectivity index (χ4n) is 4.10. The fraction of sp³-hybridized carbons (Fsp3) is 0.333. The predicted octanol–water partition coefficient (Wildman–Crippen LogP) is 3.47. The van der Waals surface area contributed by atoms with Gasteiger partial charge in [-0.15, -0.1) is 0 Å². The third kappa shape index (κ3) is 5.34. The molecule has 9 heteroatoms. The monoisotopic (exact) mass is 469 g/mol. The molecule has 5 amide bonds. The molecular weight excluding hydrogens is 446 g/mol. The molecule has 0 spiro atoms. The SMILES string of the molecule is O=C(OCc1ccccc1)N1CC[C@H](N2C(=O)CC(=O)N(CCc3cccc(Cl)c3)C2=O)C1. The zero-order valence-corrected chi connectivity index (χ0v) is 18.7. The molecule has 1 atom stereocenters. The lowest BCUT2D eigenvalue weighted by Gasteiger charge is -2.36. The molecule has 33 heavy (non-hydrogen) atoms. The summed E-state index contributed by atoms with van der Waals surface area (Å²) in [4.78, 5) is 54.2. The summed E-state index contributed by atoms with van der Waals surface area (Å²) in [5.74, 6) is -1.05. The molecule has 0 bridgehead atoms. The number of carbonyl (C=O) groups excluding carboxylic acids is 4. The van der Waals surface area contributed by atoms with Crippen LogP contribution in [0.15, 0.2) is 54.6 Å². The van der Waals surface area contributed by atoms with Gasteiger partial charge in [-0.1, -0.05) is 54.1 Å². The standard InChI is InChI=1S/C24H24ClN3O5/c25-19-8-4-7-17(13-19)9-12-27-21(29)14-22(30)28(23(27)31)20-10-11-26(15-20)24(32)33-16-18-5-2-1-3-6-18/h1-8,13,20H,9-12,14-16H2/t20-/m0/s1. The summed E-state index contributed by atoms with van der Waals surface area (Å²) in [7, 11) is 0. The number of imide groups is 2. The van der Waals surface area contributed by atoms with E-state index >= 15 is 0 Å². The van der Waals surface area contributed by atoms with Crippen molar-refractivity contribution < 1.29 is 23.9 Å². The highest BCUT2D eigenvalue weighted by Gasteiger charge is 2.44. The summed E-state index contributed by atoms with van der Waals surface area (Å²) in [6, 6.07) is 15.4. The molecule has 2 saturated heterocycles. The molecule has 0 N–H and O–H groups in total. The number of likely N-dealkylation sites (tertiary alicyclic amines) is 1. The first-order chi connectivity index (χ1) is 15.9. The van der Waals surface area contributed by atoms with E-state index in [1.807, 2.05) is 36.4 Å². The highest BCUT2D eigenvalue weighted by Crippen LogP contribution is 2.23. The van der Waals surface area contributed by atoms with Crippen LogP contribution >= 0.6 is 11.6 Å². The largest absolute Gasteiger partial charge is 0.445 e. The molecule has 0 unspecified atom stereocenters. The second-order valence-corrected chi connectivity index (χ2v) is 8.51. The van der Waals surface area contributed by atoms with E-state index < -0.39 is 30.0 Å². The second kappa shape index (κ2) is 10.0. The van der Waals surface area contributed by atoms with Crippen LogP contribution in [-0.4, -0.2) is 64.3 Å². The number of amides is 5. The minimum Gasteiger partial charge on any atom is -0.445 e. The second-order valence-electron chi connectivity index (χ2n) is 8.08. The van der Waals surface area contributed by atoms with Gasteiger partial charge >= 0.3 is 12.1 Å². The van der Waals surface area contributed by atoms with Crippen LogP contribution in [0.2, 0.25) is 5.02 Å². The Hall–Kier alpha value is -3.39. The van der Waals surface area contributed by atoms with E-state index in [-0.39, 0.29) is 26.1 Å². The first kappa shape index (κ1) is 22.8. The van der Waals surface area contributed by atoms with Crippen LogP contribution in [0.1, 0.15) is 24.0 Å². The number of hydrogen-bond acceptors (Lipinski definition) is 5. The Morgan fingerprint density at radius 1 is 1.00 bits per heavy atom. The Bertz CT molecular complexity index is 1060. The number of nitrogens with zero attached hydrogens (tertiary/aromatic N) is 3. The van der Waals surface area contributed by atoms with Gasteiger partial charge in [-0.05, 0) is 36.1 Å². The lowest BCUT2D eigenvalue weighted by molar-refractivity contribution is -0.143. The summed E-state index contributed by atoms with van der Waals surface area (Å²) in [5, 5.41) is 0.575. The smallest absolute Gasteiger partial charge is 0.410 e. The van der Waals surface area contributed by atoms with Gasteiger partial charge < -0.3 is 9.64 Å². The Balaban J connectivity index is 1.36. The topological polar surface area (TPSA) is 87.2 Å². The average molecular weight is 470 g/mol. The third-order valence-corrected chi connectivity index (χ3v) is 6.05. The quantitative estimate of drug-likeness (QED) is 0.604. The van der Waals surface area contributed by atoms with Crippen LogP contribution in [0.4, 0.5) is 9.59 Å². The van der Waals surface area contributed by atoms with E-state index in [4.69, 9.17) is 16.3 Å². The van der Waals surface area contributed by atoms with Crippen molar-refractivity contribution in [3.63, 3.8) is 0 Å². The number of urea groups is 1. The van der Waals surface area contributed by atoms with Crippen molar-refractivity contribution in [3.8, 4) is 0 Å². The number of rotatable bonds is 6. The fourth-order valence-corrected chi connectivity index (χ4v) is 4.31. The highest BCUT2D eigenvalue weighted by molar-refractivity contribution is 6.30. The molecule has 0 radical (unpaired) electrons. The van der Waals surface area contributed by atoms with E-state index in [1.165, 1.54) is 4.90 Å². The van der Waals surface area contributed by atoms with Crippen LogP contribution in [0.3, 0.4) is 0 Å². The van der Waals surface area contributed by atoms with Crippen LogP contribution in [0.25, 0.3) is 0 Å². The van der Waals surface area contributed by atoms with E-state index in [0.717, 1.165) is 20.9 Å². The Morgan fingerprint density at radius 3 is 2.52 bits per heavy atom. The normalized spacial score (nSPS) is 18.8. The van der Waals surface area contributed by atoms with Crippen LogP contribution in [0.5, 0.6) is 0 Å². The summed E-state index contributed by atoms with van der Waals surface area (Å²) < 4.78 is 5.36. The van der Waals surface area contributed by atoms with Gasteiger partial charge in [0, 0.05) is 24.7 Å². The van der Waals surface area contributed by atoms with Gasteiger partial charge in [0.05, 0.1) is 6.04 Å². The summed E-state index contributed by atoms with van der Waals surface area (Å²) in [5.41, 5.74) is 1.76. The number of halogens is 1. The Morgan fingerprint density at radius 2 is 1.76 bits per heavy atom. The van der Waals surface area contributed by atoms with Crippen molar-refractivity contribution in [1.29, 1.82) is 0 Å². The van der Waals surface area contributed by atoms with Gasteiger partial charge in [0.2, 0.25) is 11.8 Å². The first-order valence-electron chi connectivity index (χ1n) is 10.8. The molecule has 8 nitrogen and oxygen atoms in total. The van der Waals surface area contributed by atoms with Crippen molar-refractivity contribution in [2.45, 2.75) is 31.9 Å². The van der Waals surface area contributed by atoms with Gasteiger partial charge in [-0.2, -0.15) is 0 Å². The van der Waals surface area contributed by atoms with Crippen LogP contribution in [-0.2, 0) is 27.4 Å². The van der Waals surface area contributed by atoms with Gasteiger partial charge in [0.15, 0.2) is 0 Å². The van der Waals surface area contributed by atoms with Gasteiger partial charge in [0.1, 0.15) is 13.0 Å². The number of barbiturate groups is 1. The van der Waals surface area contributed by atoms with E-state index in [2.05, 4.69) is 0 Å². The third-order valence-electron chi connectivity index (χ3n) is 5.81. The van der Waals surface area contributed by atoms with E-state index in [0.29, 0.717) is 24.4 Å². The molecule has 0 aromatic heterocycles. The molecule has 0 saturated carbocycles. The summed E-state index contributed by atoms with van der Waals surface area (Å²) >= 11 is 6.01. The maximum atomic E-state index is 13.1. The zero-order valence-electron chi connectivity index (χ0n) is 18.0. The molecule has 0 aliphatic carbocycles. The molecule has 2 heterocycles. The highest BCUT2D eigenvalue weighted by atomic mass is 35.5. The molecule has 2 aromatic rings. The number of benzene rings is 2. The Kier molecular flexibility index (Phi) is 6.93. The van der Waals surface area contributed by atoms with Crippen molar-refractivity contribution in [2.75, 3.05) is 19.6 Å². The Labute approximate surface area is 196 Å². The lowest BCUT2D eigenvalue weighted by Crippen LogP contribution is -2.59. The van der Waals surface area contributed by atoms with Crippen molar-refractivity contribution in [3.05, 3.63) is 70.7 Å². The molecule has 2 aliphatic heterocycles. The molecular formula is C24H24ClN3O5. The van der Waals surface area contributed by atoms with Crippen molar-refractivity contribution in [2.24, 2.45) is 0 Å². The van der Waals surface area contributed by atoms with Gasteiger partial charge in [-0.3, -0.25) is 19.4 Å². The minimum absolute atomic E-state index is 0.147. The number of ether oxygens (including phenoxy) is 1. The zero-order chi connectivity index (χ0) is 23.4. The lowest BCUT2D eigenvalue weighted by atomic mass is 10.1. The van der Waals surface area contributed by atoms with Crippen molar-refractivity contribution >= 4 is 35.5 Å². The predicted molar refractivity (Wildman–Crippen MR) is 120 cm³/mol. The number of hydrogen-bond donors (Lipinski definition) is 0. The van der Waals surface area contributed by atoms with Crippen LogP contribution in [0, 0.1) is 0 Å². The van der Waals surface area contributed by atoms with E-state index in [1.54, 1.807) is 18.2 Å². The molecule has 2 fully saturated rings. The van der Waals surface area contributed by atoms with Crippen molar-refractivity contribution in [1.82, 2.24) is 14.7 Å². The van der Waals surface area contributed by atoms with Gasteiger partial charge in [0.25, 0.3) is 0 Å². The maximum absolute atomic E-state index is 13.1. The molecule has 4 rings (SSSR count). The maximum Gasteiger partial charge on any atom is 0.410 e. The number of carbonyl (C=O) groups is 4. The van der Waals surface area contributed by atoms with E-state index in [9.17, 15) is 19.2 Å². The molecule has 2 aliphatic rings. The van der Waals surface area contributed by atoms with Crippen LogP contribution < -0.4 is 0 Å².